The van der Waals surface area contributed by atoms with E-state index in [1.54, 1.807) is 48.8 Å². The quantitative estimate of drug-likeness (QED) is 0.636. The third kappa shape index (κ3) is 3.29. The van der Waals surface area contributed by atoms with Gasteiger partial charge in [-0.1, -0.05) is 30.3 Å². The molecule has 1 aliphatic rings. The van der Waals surface area contributed by atoms with Gasteiger partial charge in [-0.05, 0) is 30.3 Å². The number of hydrogen-bond acceptors (Lipinski definition) is 6. The first-order valence-electron chi connectivity index (χ1n) is 8.56. The third-order valence-corrected chi connectivity index (χ3v) is 8.71. The first kappa shape index (κ1) is 18.6. The summed E-state index contributed by atoms with van der Waals surface area (Å²) in [6.45, 7) is 0.155. The van der Waals surface area contributed by atoms with Gasteiger partial charge in [-0.25, -0.2) is 16.8 Å². The highest BCUT2D eigenvalue weighted by molar-refractivity contribution is 7.96. The van der Waals surface area contributed by atoms with Crippen LogP contribution in [0.1, 0.15) is 16.4 Å². The van der Waals surface area contributed by atoms with E-state index in [4.69, 9.17) is 4.74 Å². The molecule has 1 aromatic heterocycles. The second-order valence-corrected chi connectivity index (χ2v) is 10.6. The Bertz CT molecular complexity index is 1210. The van der Waals surface area contributed by atoms with E-state index in [0.29, 0.717) is 0 Å². The van der Waals surface area contributed by atoms with Gasteiger partial charge >= 0.3 is 0 Å². The molecule has 8 heteroatoms. The summed E-state index contributed by atoms with van der Waals surface area (Å²) in [6, 6.07) is 16.1. The van der Waals surface area contributed by atoms with Gasteiger partial charge in [0.15, 0.2) is 19.7 Å². The Morgan fingerprint density at radius 3 is 2.50 bits per heavy atom. The van der Waals surface area contributed by atoms with Crippen molar-refractivity contribution in [1.29, 1.82) is 0 Å². The standard InChI is InChI=1S/C20H17NO5S2/c22-27(23)14-19(28(24,25)16-7-2-1-3-8-16)20-17(9-4-10-18(20)27)26-13-15-6-5-11-21-12-15/h1-12,19H,13-14H2. The molecule has 0 saturated heterocycles. The van der Waals surface area contributed by atoms with E-state index >= 15 is 0 Å². The van der Waals surface area contributed by atoms with Crippen molar-refractivity contribution < 1.29 is 21.6 Å². The van der Waals surface area contributed by atoms with Crippen molar-refractivity contribution in [1.82, 2.24) is 4.98 Å². The Hall–Kier alpha value is -2.71. The van der Waals surface area contributed by atoms with Crippen LogP contribution in [0.25, 0.3) is 0 Å². The predicted octanol–water partition coefficient (Wildman–Crippen LogP) is 2.96. The lowest BCUT2D eigenvalue weighted by molar-refractivity contribution is 0.301. The Balaban J connectivity index is 1.78. The molecule has 0 fully saturated rings. The molecule has 1 atom stereocenters. The van der Waals surface area contributed by atoms with E-state index in [9.17, 15) is 16.8 Å². The van der Waals surface area contributed by atoms with E-state index in [1.807, 2.05) is 6.07 Å². The molecule has 2 aromatic carbocycles. The van der Waals surface area contributed by atoms with E-state index in [-0.39, 0.29) is 27.7 Å². The minimum absolute atomic E-state index is 0.0145. The number of pyridine rings is 1. The fourth-order valence-electron chi connectivity index (χ4n) is 3.27. The average Bonchev–Trinajstić information content (AvgIpc) is 3.00. The SMILES string of the molecule is O=S1(=O)CC(S(=O)(=O)c2ccccc2)c2c(OCc3cccnc3)cccc21. The van der Waals surface area contributed by atoms with Crippen molar-refractivity contribution >= 4 is 19.7 Å². The first-order chi connectivity index (χ1) is 13.4. The Morgan fingerprint density at radius 2 is 1.79 bits per heavy atom. The molecule has 2 heterocycles. The molecule has 6 nitrogen and oxygen atoms in total. The molecule has 0 radical (unpaired) electrons. The number of rotatable bonds is 5. The van der Waals surface area contributed by atoms with Crippen LogP contribution in [0, 0.1) is 0 Å². The summed E-state index contributed by atoms with van der Waals surface area (Å²) in [4.78, 5) is 4.12. The number of nitrogens with zero attached hydrogens (tertiary/aromatic N) is 1. The van der Waals surface area contributed by atoms with E-state index < -0.39 is 30.7 Å². The van der Waals surface area contributed by atoms with Gasteiger partial charge in [-0.15, -0.1) is 0 Å². The Morgan fingerprint density at radius 1 is 1.00 bits per heavy atom. The van der Waals surface area contributed by atoms with Gasteiger partial charge in [0, 0.05) is 23.5 Å². The van der Waals surface area contributed by atoms with Gasteiger partial charge in [0.25, 0.3) is 0 Å². The summed E-state index contributed by atoms with van der Waals surface area (Å²) in [6.07, 6.45) is 3.27. The molecule has 0 N–H and O–H groups in total. The van der Waals surface area contributed by atoms with Crippen molar-refractivity contribution in [2.24, 2.45) is 0 Å². The fourth-order valence-corrected chi connectivity index (χ4v) is 7.63. The smallest absolute Gasteiger partial charge is 0.186 e. The summed E-state index contributed by atoms with van der Waals surface area (Å²) in [5.41, 5.74) is 0.999. The third-order valence-electron chi connectivity index (χ3n) is 4.62. The van der Waals surface area contributed by atoms with Gasteiger partial charge < -0.3 is 4.74 Å². The molecule has 1 unspecified atom stereocenters. The lowest BCUT2D eigenvalue weighted by atomic mass is 10.1. The maximum absolute atomic E-state index is 13.2. The number of sulfone groups is 2. The largest absolute Gasteiger partial charge is 0.488 e. The maximum Gasteiger partial charge on any atom is 0.186 e. The minimum Gasteiger partial charge on any atom is -0.488 e. The van der Waals surface area contributed by atoms with Crippen LogP contribution in [0.2, 0.25) is 0 Å². The molecule has 0 amide bonds. The monoisotopic (exact) mass is 415 g/mol. The van der Waals surface area contributed by atoms with Crippen molar-refractivity contribution in [3.8, 4) is 5.75 Å². The number of hydrogen-bond donors (Lipinski definition) is 0. The van der Waals surface area contributed by atoms with Crippen LogP contribution in [0.15, 0.2) is 82.8 Å². The van der Waals surface area contributed by atoms with Crippen LogP contribution in [0.5, 0.6) is 5.75 Å². The van der Waals surface area contributed by atoms with Crippen LogP contribution in [-0.2, 0) is 26.3 Å². The molecule has 3 aromatic rings. The zero-order chi connectivity index (χ0) is 19.8. The van der Waals surface area contributed by atoms with Crippen LogP contribution in [-0.4, -0.2) is 27.6 Å². The molecule has 0 bridgehead atoms. The Labute approximate surface area is 163 Å². The highest BCUT2D eigenvalue weighted by Gasteiger charge is 2.45. The van der Waals surface area contributed by atoms with Gasteiger partial charge in [0.2, 0.25) is 0 Å². The van der Waals surface area contributed by atoms with Crippen LogP contribution >= 0.6 is 0 Å². The lowest BCUT2D eigenvalue weighted by Crippen LogP contribution is -2.16. The molecular weight excluding hydrogens is 398 g/mol. The number of aromatic nitrogens is 1. The zero-order valence-corrected chi connectivity index (χ0v) is 16.4. The number of ether oxygens (including phenoxy) is 1. The molecule has 28 heavy (non-hydrogen) atoms. The van der Waals surface area contributed by atoms with Gasteiger partial charge in [-0.2, -0.15) is 0 Å². The van der Waals surface area contributed by atoms with Gasteiger partial charge in [0.05, 0.1) is 15.5 Å². The number of fused-ring (bicyclic) bond motifs is 1. The lowest BCUT2D eigenvalue weighted by Gasteiger charge is -2.16. The average molecular weight is 415 g/mol. The summed E-state index contributed by atoms with van der Waals surface area (Å²) >= 11 is 0. The van der Waals surface area contributed by atoms with Crippen LogP contribution in [0.3, 0.4) is 0 Å². The molecule has 0 aliphatic carbocycles. The molecule has 144 valence electrons. The second kappa shape index (κ2) is 7.03. The van der Waals surface area contributed by atoms with E-state index in [0.717, 1.165) is 5.56 Å². The van der Waals surface area contributed by atoms with Crippen molar-refractivity contribution in [3.63, 3.8) is 0 Å². The van der Waals surface area contributed by atoms with E-state index in [2.05, 4.69) is 4.98 Å². The summed E-state index contributed by atoms with van der Waals surface area (Å²) in [5.74, 6) is -0.237. The normalized spacial score (nSPS) is 17.8. The molecule has 0 saturated carbocycles. The Kier molecular flexibility index (Phi) is 4.68. The summed E-state index contributed by atoms with van der Waals surface area (Å²) in [5, 5.41) is -1.21. The summed E-state index contributed by atoms with van der Waals surface area (Å²) < 4.78 is 57.5. The highest BCUT2D eigenvalue weighted by Crippen LogP contribution is 2.45. The predicted molar refractivity (Wildman–Crippen MR) is 103 cm³/mol. The van der Waals surface area contributed by atoms with Crippen molar-refractivity contribution in [2.45, 2.75) is 21.6 Å². The van der Waals surface area contributed by atoms with Crippen LogP contribution in [0.4, 0.5) is 0 Å². The van der Waals surface area contributed by atoms with Crippen molar-refractivity contribution in [2.75, 3.05) is 5.75 Å². The van der Waals surface area contributed by atoms with Gasteiger partial charge in [0.1, 0.15) is 17.6 Å². The maximum atomic E-state index is 13.2. The van der Waals surface area contributed by atoms with Crippen LogP contribution < -0.4 is 4.74 Å². The minimum atomic E-state index is -3.90. The van der Waals surface area contributed by atoms with Gasteiger partial charge in [-0.3, -0.25) is 4.98 Å². The topological polar surface area (TPSA) is 90.4 Å². The number of benzene rings is 2. The molecule has 4 rings (SSSR count). The molecular formula is C20H17NO5S2. The highest BCUT2D eigenvalue weighted by atomic mass is 32.2. The van der Waals surface area contributed by atoms with E-state index in [1.165, 1.54) is 18.2 Å². The van der Waals surface area contributed by atoms with Crippen molar-refractivity contribution in [3.05, 3.63) is 84.2 Å². The summed E-state index contributed by atoms with van der Waals surface area (Å²) in [7, 11) is -7.62. The fraction of sp³-hybridized carbons (Fsp3) is 0.150. The first-order valence-corrected chi connectivity index (χ1v) is 11.8. The molecule has 0 spiro atoms. The zero-order valence-electron chi connectivity index (χ0n) is 14.7. The molecule has 1 aliphatic heterocycles. The second-order valence-electron chi connectivity index (χ2n) is 6.45.